The molecule has 0 aliphatic heterocycles. The van der Waals surface area contributed by atoms with Gasteiger partial charge in [-0.05, 0) is 38.2 Å². The third-order valence-corrected chi connectivity index (χ3v) is 3.82. The molecular weight excluding hydrogens is 264 g/mol. The maximum atomic E-state index is 12.2. The number of rotatable bonds is 7. The van der Waals surface area contributed by atoms with Gasteiger partial charge in [-0.1, -0.05) is 26.0 Å². The Balaban J connectivity index is 1.92. The fourth-order valence-electron chi connectivity index (χ4n) is 2.47. The minimum Gasteiger partial charge on any atom is -0.349 e. The maximum Gasteiger partial charge on any atom is 0.287 e. The minimum atomic E-state index is -0.103. The Bertz CT molecular complexity index is 601. The number of hydrogen-bond donors (Lipinski definition) is 1. The van der Waals surface area contributed by atoms with Gasteiger partial charge in [-0.2, -0.15) is 0 Å². The van der Waals surface area contributed by atoms with E-state index in [1.165, 1.54) is 0 Å². The minimum absolute atomic E-state index is 0.103. The summed E-state index contributed by atoms with van der Waals surface area (Å²) in [5.74, 6) is 0.368. The summed E-state index contributed by atoms with van der Waals surface area (Å²) in [7, 11) is 1.88. The first-order valence-corrected chi connectivity index (χ1v) is 7.59. The molecule has 114 valence electrons. The zero-order valence-electron chi connectivity index (χ0n) is 13.1. The van der Waals surface area contributed by atoms with E-state index < -0.39 is 0 Å². The summed E-state index contributed by atoms with van der Waals surface area (Å²) in [6.45, 7) is 8.10. The van der Waals surface area contributed by atoms with Crippen molar-refractivity contribution in [3.8, 4) is 0 Å². The zero-order chi connectivity index (χ0) is 15.2. The van der Waals surface area contributed by atoms with Crippen LogP contribution in [-0.4, -0.2) is 46.5 Å². The first kappa shape index (κ1) is 15.5. The molecule has 0 aliphatic rings. The van der Waals surface area contributed by atoms with E-state index >= 15 is 0 Å². The van der Waals surface area contributed by atoms with Gasteiger partial charge in [-0.3, -0.25) is 4.79 Å². The molecule has 0 fully saturated rings. The van der Waals surface area contributed by atoms with Gasteiger partial charge in [0.15, 0.2) is 5.82 Å². The van der Waals surface area contributed by atoms with Crippen molar-refractivity contribution in [3.63, 3.8) is 0 Å². The lowest BCUT2D eigenvalue weighted by Gasteiger charge is -2.17. The molecule has 0 radical (unpaired) electrons. The quantitative estimate of drug-likeness (QED) is 0.793. The van der Waals surface area contributed by atoms with Crippen LogP contribution in [0.4, 0.5) is 0 Å². The van der Waals surface area contributed by atoms with E-state index in [9.17, 15) is 4.79 Å². The molecule has 0 bridgehead atoms. The Morgan fingerprint density at radius 1 is 1.29 bits per heavy atom. The van der Waals surface area contributed by atoms with Crippen LogP contribution in [-0.2, 0) is 7.05 Å². The van der Waals surface area contributed by atoms with Crippen molar-refractivity contribution in [2.75, 3.05) is 26.2 Å². The fraction of sp³-hybridized carbons (Fsp3) is 0.500. The highest BCUT2D eigenvalue weighted by atomic mass is 16.2. The topological polar surface area (TPSA) is 50.2 Å². The van der Waals surface area contributed by atoms with E-state index in [1.54, 1.807) is 0 Å². The van der Waals surface area contributed by atoms with Crippen molar-refractivity contribution in [1.82, 2.24) is 19.8 Å². The van der Waals surface area contributed by atoms with Gasteiger partial charge < -0.3 is 14.8 Å². The summed E-state index contributed by atoms with van der Waals surface area (Å²) in [6.07, 6.45) is 0.956. The van der Waals surface area contributed by atoms with E-state index in [4.69, 9.17) is 0 Å². The van der Waals surface area contributed by atoms with Crippen molar-refractivity contribution in [2.45, 2.75) is 20.3 Å². The Hall–Kier alpha value is -1.88. The standard InChI is InChI=1S/C16H24N4O/c1-4-20(5-2)12-8-11-17-16(21)15-18-13-9-6-7-10-14(13)19(15)3/h6-7,9-10H,4-5,8,11-12H2,1-3H3,(H,17,21). The maximum absolute atomic E-state index is 12.2. The van der Waals surface area contributed by atoms with Crippen LogP contribution >= 0.6 is 0 Å². The van der Waals surface area contributed by atoms with Crippen molar-refractivity contribution in [1.29, 1.82) is 0 Å². The Morgan fingerprint density at radius 3 is 2.67 bits per heavy atom. The summed E-state index contributed by atoms with van der Waals surface area (Å²) in [6, 6.07) is 7.78. The SMILES string of the molecule is CCN(CC)CCCNC(=O)c1nc2ccccc2n1C. The third-order valence-electron chi connectivity index (χ3n) is 3.82. The number of aromatic nitrogens is 2. The number of nitrogens with one attached hydrogen (secondary N) is 1. The van der Waals surface area contributed by atoms with Gasteiger partial charge in [0.05, 0.1) is 11.0 Å². The largest absolute Gasteiger partial charge is 0.349 e. The predicted molar refractivity (Wildman–Crippen MR) is 85.5 cm³/mol. The highest BCUT2D eigenvalue weighted by Gasteiger charge is 2.14. The summed E-state index contributed by atoms with van der Waals surface area (Å²) < 4.78 is 1.84. The van der Waals surface area contributed by atoms with E-state index in [0.29, 0.717) is 12.4 Å². The molecule has 1 heterocycles. The molecule has 2 rings (SSSR count). The Morgan fingerprint density at radius 2 is 2.00 bits per heavy atom. The van der Waals surface area contributed by atoms with Crippen LogP contribution in [0.15, 0.2) is 24.3 Å². The number of nitrogens with zero attached hydrogens (tertiary/aromatic N) is 3. The average molecular weight is 288 g/mol. The molecule has 1 aromatic heterocycles. The smallest absolute Gasteiger partial charge is 0.287 e. The molecule has 5 heteroatoms. The number of benzene rings is 1. The summed E-state index contributed by atoms with van der Waals surface area (Å²) in [4.78, 5) is 19.0. The van der Waals surface area contributed by atoms with Crippen LogP contribution in [0.25, 0.3) is 11.0 Å². The normalized spacial score (nSPS) is 11.2. The van der Waals surface area contributed by atoms with Gasteiger partial charge in [-0.15, -0.1) is 0 Å². The zero-order valence-corrected chi connectivity index (χ0v) is 13.1. The molecule has 0 saturated heterocycles. The molecule has 21 heavy (non-hydrogen) atoms. The molecule has 0 spiro atoms. The van der Waals surface area contributed by atoms with E-state index in [2.05, 4.69) is 29.0 Å². The third kappa shape index (κ3) is 3.61. The monoisotopic (exact) mass is 288 g/mol. The number of hydrogen-bond acceptors (Lipinski definition) is 3. The lowest BCUT2D eigenvalue weighted by molar-refractivity contribution is 0.0939. The first-order valence-electron chi connectivity index (χ1n) is 7.59. The number of carbonyl (C=O) groups excluding carboxylic acids is 1. The average Bonchev–Trinajstić information content (AvgIpc) is 2.85. The van der Waals surface area contributed by atoms with E-state index in [1.807, 2.05) is 35.9 Å². The van der Waals surface area contributed by atoms with Gasteiger partial charge in [0.2, 0.25) is 0 Å². The van der Waals surface area contributed by atoms with Crippen LogP contribution in [0.1, 0.15) is 30.9 Å². The fourth-order valence-corrected chi connectivity index (χ4v) is 2.47. The second-order valence-corrected chi connectivity index (χ2v) is 5.12. The molecule has 1 N–H and O–H groups in total. The van der Waals surface area contributed by atoms with Gasteiger partial charge in [0.25, 0.3) is 5.91 Å². The van der Waals surface area contributed by atoms with E-state index in [-0.39, 0.29) is 5.91 Å². The molecule has 1 amide bonds. The molecular formula is C16H24N4O. The summed E-state index contributed by atoms with van der Waals surface area (Å²) in [5.41, 5.74) is 1.83. The lowest BCUT2D eigenvalue weighted by atomic mass is 10.3. The number of amides is 1. The predicted octanol–water partition coefficient (Wildman–Crippen LogP) is 2.03. The van der Waals surface area contributed by atoms with Crippen LogP contribution < -0.4 is 5.32 Å². The molecule has 0 saturated carbocycles. The van der Waals surface area contributed by atoms with Crippen molar-refractivity contribution < 1.29 is 4.79 Å². The molecule has 2 aromatic rings. The van der Waals surface area contributed by atoms with Gasteiger partial charge in [0.1, 0.15) is 0 Å². The Labute approximate surface area is 126 Å². The summed E-state index contributed by atoms with van der Waals surface area (Å²) in [5, 5.41) is 2.96. The number of imidazole rings is 1. The van der Waals surface area contributed by atoms with Gasteiger partial charge >= 0.3 is 0 Å². The highest BCUT2D eigenvalue weighted by Crippen LogP contribution is 2.13. The number of carbonyl (C=O) groups is 1. The molecule has 0 aliphatic carbocycles. The number of fused-ring (bicyclic) bond motifs is 1. The lowest BCUT2D eigenvalue weighted by Crippen LogP contribution is -2.31. The van der Waals surface area contributed by atoms with Crippen LogP contribution in [0.2, 0.25) is 0 Å². The molecule has 5 nitrogen and oxygen atoms in total. The summed E-state index contributed by atoms with van der Waals surface area (Å²) >= 11 is 0. The van der Waals surface area contributed by atoms with Gasteiger partial charge in [-0.25, -0.2) is 4.98 Å². The second kappa shape index (κ2) is 7.22. The number of aryl methyl sites for hydroxylation is 1. The van der Waals surface area contributed by atoms with Gasteiger partial charge in [0, 0.05) is 13.6 Å². The second-order valence-electron chi connectivity index (χ2n) is 5.12. The van der Waals surface area contributed by atoms with Crippen LogP contribution in [0.3, 0.4) is 0 Å². The van der Waals surface area contributed by atoms with Crippen LogP contribution in [0.5, 0.6) is 0 Å². The number of para-hydroxylation sites is 2. The molecule has 1 aromatic carbocycles. The van der Waals surface area contributed by atoms with Crippen molar-refractivity contribution in [3.05, 3.63) is 30.1 Å². The molecule has 0 unspecified atom stereocenters. The van der Waals surface area contributed by atoms with Crippen LogP contribution in [0, 0.1) is 0 Å². The van der Waals surface area contributed by atoms with Crippen molar-refractivity contribution >= 4 is 16.9 Å². The van der Waals surface area contributed by atoms with E-state index in [0.717, 1.165) is 37.1 Å². The first-order chi connectivity index (χ1) is 10.2. The Kier molecular flexibility index (Phi) is 5.33. The molecule has 0 atom stereocenters. The van der Waals surface area contributed by atoms with Crippen molar-refractivity contribution in [2.24, 2.45) is 7.05 Å². The highest BCUT2D eigenvalue weighted by molar-refractivity contribution is 5.94.